The van der Waals surface area contributed by atoms with E-state index in [1.165, 1.54) is 30.1 Å². The molecule has 25 heavy (non-hydrogen) atoms. The molecule has 126 valence electrons. The van der Waals surface area contributed by atoms with Crippen molar-refractivity contribution in [3.63, 3.8) is 0 Å². The fraction of sp³-hybridized carbons (Fsp3) is 0.105. The molecule has 0 aliphatic carbocycles. The molecule has 2 N–H and O–H groups in total. The van der Waals surface area contributed by atoms with Gasteiger partial charge in [0.2, 0.25) is 5.95 Å². The van der Waals surface area contributed by atoms with E-state index in [9.17, 15) is 8.78 Å². The van der Waals surface area contributed by atoms with Gasteiger partial charge in [0.05, 0.1) is 5.69 Å². The molecule has 0 bridgehead atoms. The Morgan fingerprint density at radius 3 is 2.64 bits per heavy atom. The summed E-state index contributed by atoms with van der Waals surface area (Å²) >= 11 is 1.51. The summed E-state index contributed by atoms with van der Waals surface area (Å²) in [6, 6.07) is 15.7. The Balaban J connectivity index is 1.66. The van der Waals surface area contributed by atoms with Crippen molar-refractivity contribution in [3.8, 4) is 11.1 Å². The van der Waals surface area contributed by atoms with Crippen molar-refractivity contribution < 1.29 is 8.78 Å². The molecule has 1 aliphatic rings. The Morgan fingerprint density at radius 2 is 1.84 bits per heavy atom. The number of nitrogens with two attached hydrogens (primary N) is 1. The highest BCUT2D eigenvalue weighted by molar-refractivity contribution is 8.00. The quantitative estimate of drug-likeness (QED) is 0.708. The summed E-state index contributed by atoms with van der Waals surface area (Å²) in [5.41, 5.74) is 9.16. The van der Waals surface area contributed by atoms with Crippen LogP contribution in [0, 0.1) is 11.8 Å². The van der Waals surface area contributed by atoms with Crippen LogP contribution in [0.2, 0.25) is 0 Å². The summed E-state index contributed by atoms with van der Waals surface area (Å²) in [5, 5.41) is 0. The SMILES string of the molecule is NC1Sc2cc(-c3ccnc(F)c3)ccc2N1Cc1ccccc1F. The monoisotopic (exact) mass is 355 g/mol. The first kappa shape index (κ1) is 16.1. The Bertz CT molecular complexity index is 932. The zero-order chi connectivity index (χ0) is 17.4. The van der Waals surface area contributed by atoms with Crippen molar-refractivity contribution >= 4 is 17.4 Å². The van der Waals surface area contributed by atoms with Gasteiger partial charge in [0.1, 0.15) is 11.3 Å². The zero-order valence-corrected chi connectivity index (χ0v) is 14.0. The first-order valence-electron chi connectivity index (χ1n) is 7.80. The van der Waals surface area contributed by atoms with Crippen LogP contribution in [0.15, 0.2) is 65.7 Å². The van der Waals surface area contributed by atoms with Gasteiger partial charge in [0.25, 0.3) is 0 Å². The largest absolute Gasteiger partial charge is 0.342 e. The van der Waals surface area contributed by atoms with Crippen LogP contribution in [-0.4, -0.2) is 10.5 Å². The van der Waals surface area contributed by atoms with Crippen LogP contribution in [0.5, 0.6) is 0 Å². The number of hydrogen-bond acceptors (Lipinski definition) is 4. The maximum Gasteiger partial charge on any atom is 0.213 e. The average molecular weight is 355 g/mol. The van der Waals surface area contributed by atoms with E-state index >= 15 is 0 Å². The zero-order valence-electron chi connectivity index (χ0n) is 13.2. The number of hydrogen-bond donors (Lipinski definition) is 1. The molecule has 0 saturated carbocycles. The normalized spacial score (nSPS) is 16.1. The molecule has 0 radical (unpaired) electrons. The summed E-state index contributed by atoms with van der Waals surface area (Å²) in [7, 11) is 0. The third kappa shape index (κ3) is 3.10. The van der Waals surface area contributed by atoms with Gasteiger partial charge in [-0.15, -0.1) is 0 Å². The van der Waals surface area contributed by atoms with Gasteiger partial charge in [-0.3, -0.25) is 0 Å². The second-order valence-electron chi connectivity index (χ2n) is 5.78. The predicted molar refractivity (Wildman–Crippen MR) is 96.0 cm³/mol. The van der Waals surface area contributed by atoms with Gasteiger partial charge in [0.15, 0.2) is 0 Å². The van der Waals surface area contributed by atoms with E-state index in [0.29, 0.717) is 12.1 Å². The number of thioether (sulfide) groups is 1. The van der Waals surface area contributed by atoms with Gasteiger partial charge >= 0.3 is 0 Å². The minimum Gasteiger partial charge on any atom is -0.342 e. The number of fused-ring (bicyclic) bond motifs is 1. The van der Waals surface area contributed by atoms with Crippen LogP contribution in [0.4, 0.5) is 14.5 Å². The summed E-state index contributed by atoms with van der Waals surface area (Å²) in [6.07, 6.45) is 1.45. The molecule has 1 unspecified atom stereocenters. The lowest BCUT2D eigenvalue weighted by molar-refractivity contribution is 0.584. The molecule has 0 amide bonds. The topological polar surface area (TPSA) is 42.1 Å². The maximum atomic E-state index is 14.0. The van der Waals surface area contributed by atoms with E-state index in [1.807, 2.05) is 29.2 Å². The molecule has 3 nitrogen and oxygen atoms in total. The fourth-order valence-corrected chi connectivity index (χ4v) is 4.00. The minimum atomic E-state index is -0.511. The molecule has 1 atom stereocenters. The van der Waals surface area contributed by atoms with Crippen molar-refractivity contribution in [2.75, 3.05) is 4.90 Å². The van der Waals surface area contributed by atoms with Crippen LogP contribution in [0.1, 0.15) is 5.56 Å². The van der Waals surface area contributed by atoms with E-state index in [-0.39, 0.29) is 11.3 Å². The van der Waals surface area contributed by atoms with Crippen LogP contribution in [0.3, 0.4) is 0 Å². The van der Waals surface area contributed by atoms with E-state index in [1.54, 1.807) is 18.2 Å². The Kier molecular flexibility index (Phi) is 4.15. The number of pyridine rings is 1. The molecule has 0 spiro atoms. The highest BCUT2D eigenvalue weighted by Crippen LogP contribution is 2.44. The molecule has 2 aromatic carbocycles. The maximum absolute atomic E-state index is 14.0. The molecular formula is C19H15F2N3S. The lowest BCUT2D eigenvalue weighted by atomic mass is 10.1. The Labute approximate surface area is 148 Å². The molecule has 2 heterocycles. The summed E-state index contributed by atoms with van der Waals surface area (Å²) in [5.74, 6) is -0.749. The minimum absolute atomic E-state index is 0.239. The number of rotatable bonds is 3. The number of benzene rings is 2. The second kappa shape index (κ2) is 6.46. The number of halogens is 2. The van der Waals surface area contributed by atoms with Gasteiger partial charge in [-0.2, -0.15) is 4.39 Å². The Hall–Kier alpha value is -2.44. The highest BCUT2D eigenvalue weighted by atomic mass is 32.2. The third-order valence-corrected chi connectivity index (χ3v) is 5.26. The van der Waals surface area contributed by atoms with Crippen molar-refractivity contribution in [1.82, 2.24) is 4.98 Å². The van der Waals surface area contributed by atoms with Crippen LogP contribution >= 0.6 is 11.8 Å². The fourth-order valence-electron chi connectivity index (χ4n) is 2.92. The molecule has 0 saturated heterocycles. The second-order valence-corrected chi connectivity index (χ2v) is 6.94. The number of aromatic nitrogens is 1. The molecular weight excluding hydrogens is 340 g/mol. The van der Waals surface area contributed by atoms with Crippen molar-refractivity contribution in [1.29, 1.82) is 0 Å². The first-order chi connectivity index (χ1) is 12.1. The van der Waals surface area contributed by atoms with Crippen LogP contribution in [-0.2, 0) is 6.54 Å². The van der Waals surface area contributed by atoms with E-state index in [4.69, 9.17) is 5.73 Å². The highest BCUT2D eigenvalue weighted by Gasteiger charge is 2.28. The molecule has 0 fully saturated rings. The standard InChI is InChI=1S/C19H15F2N3S/c20-15-4-2-1-3-14(15)11-24-16-6-5-12(9-17(16)25-19(24)22)13-7-8-23-18(21)10-13/h1-10,19H,11,22H2. The summed E-state index contributed by atoms with van der Waals surface area (Å²) in [6.45, 7) is 0.400. The van der Waals surface area contributed by atoms with Crippen LogP contribution in [0.25, 0.3) is 11.1 Å². The molecule has 1 aliphatic heterocycles. The van der Waals surface area contributed by atoms with Crippen LogP contribution < -0.4 is 10.6 Å². The first-order valence-corrected chi connectivity index (χ1v) is 8.68. The van der Waals surface area contributed by atoms with Crippen molar-refractivity contribution in [3.05, 3.63) is 78.1 Å². The summed E-state index contributed by atoms with van der Waals surface area (Å²) in [4.78, 5) is 6.55. The third-order valence-electron chi connectivity index (χ3n) is 4.18. The smallest absolute Gasteiger partial charge is 0.213 e. The number of anilines is 1. The molecule has 4 rings (SSSR count). The van der Waals surface area contributed by atoms with Crippen molar-refractivity contribution in [2.24, 2.45) is 5.73 Å². The summed E-state index contributed by atoms with van der Waals surface area (Å²) < 4.78 is 27.3. The molecule has 1 aromatic heterocycles. The van der Waals surface area contributed by atoms with Gasteiger partial charge < -0.3 is 10.6 Å². The van der Waals surface area contributed by atoms with E-state index < -0.39 is 5.95 Å². The van der Waals surface area contributed by atoms with E-state index in [2.05, 4.69) is 4.98 Å². The molecule has 3 aromatic rings. The Morgan fingerprint density at radius 1 is 1.04 bits per heavy atom. The lowest BCUT2D eigenvalue weighted by Crippen LogP contribution is -2.35. The van der Waals surface area contributed by atoms with Gasteiger partial charge in [-0.25, -0.2) is 9.37 Å². The van der Waals surface area contributed by atoms with Crippen molar-refractivity contribution in [2.45, 2.75) is 16.9 Å². The van der Waals surface area contributed by atoms with E-state index in [0.717, 1.165) is 21.7 Å². The predicted octanol–water partition coefficient (Wildman–Crippen LogP) is 4.38. The van der Waals surface area contributed by atoms with Gasteiger partial charge in [-0.05, 0) is 35.4 Å². The lowest BCUT2D eigenvalue weighted by Gasteiger charge is -2.24. The van der Waals surface area contributed by atoms with Gasteiger partial charge in [-0.1, -0.05) is 36.0 Å². The average Bonchev–Trinajstić information content (AvgIpc) is 2.91. The number of nitrogens with zero attached hydrogens (tertiary/aromatic N) is 2. The molecule has 6 heteroatoms. The van der Waals surface area contributed by atoms with Gasteiger partial charge in [0, 0.05) is 29.3 Å².